The molecule has 0 spiro atoms. The Morgan fingerprint density at radius 2 is 1.65 bits per heavy atom. The van der Waals surface area contributed by atoms with Crippen molar-refractivity contribution in [3.63, 3.8) is 0 Å². The lowest BCUT2D eigenvalue weighted by molar-refractivity contribution is -0.149. The number of aliphatic hydroxyl groups excluding tert-OH is 1. The Hall–Kier alpha value is -1.10. The molecule has 5 heteroatoms. The number of nitrogens with zero attached hydrogens (tertiary/aromatic N) is 1. The molecule has 100 valence electrons. The van der Waals surface area contributed by atoms with Crippen LogP contribution in [0.4, 0.5) is 0 Å². The lowest BCUT2D eigenvalue weighted by Gasteiger charge is -2.30. The van der Waals surface area contributed by atoms with Crippen molar-refractivity contribution < 1.29 is 19.8 Å². The Labute approximate surface area is 102 Å². The van der Waals surface area contributed by atoms with Crippen molar-refractivity contribution in [3.05, 3.63) is 0 Å². The lowest BCUT2D eigenvalue weighted by atomic mass is 9.94. The zero-order chi connectivity index (χ0) is 13.6. The van der Waals surface area contributed by atoms with Gasteiger partial charge in [-0.3, -0.25) is 9.59 Å². The van der Waals surface area contributed by atoms with Crippen LogP contribution in [0.3, 0.4) is 0 Å². The summed E-state index contributed by atoms with van der Waals surface area (Å²) in [5, 5.41) is 17.7. The minimum Gasteiger partial charge on any atom is -0.481 e. The minimum atomic E-state index is -0.961. The molecule has 2 unspecified atom stereocenters. The fourth-order valence-electron chi connectivity index (χ4n) is 1.55. The van der Waals surface area contributed by atoms with Crippen LogP contribution >= 0.6 is 0 Å². The van der Waals surface area contributed by atoms with E-state index < -0.39 is 17.8 Å². The van der Waals surface area contributed by atoms with E-state index in [-0.39, 0.29) is 18.6 Å². The molecule has 5 nitrogen and oxygen atoms in total. The van der Waals surface area contributed by atoms with Crippen LogP contribution in [-0.2, 0) is 9.59 Å². The second-order valence-electron chi connectivity index (χ2n) is 4.62. The smallest absolute Gasteiger partial charge is 0.307 e. The van der Waals surface area contributed by atoms with Gasteiger partial charge in [0.05, 0.1) is 5.92 Å². The SMILES string of the molecule is CC(C(=O)O)C(C)C(=O)N(CCCO)C(C)C. The molecule has 2 atom stereocenters. The average molecular weight is 245 g/mol. The topological polar surface area (TPSA) is 77.8 Å². The van der Waals surface area contributed by atoms with E-state index in [0.29, 0.717) is 13.0 Å². The quantitative estimate of drug-likeness (QED) is 0.700. The average Bonchev–Trinajstić information content (AvgIpc) is 2.26. The molecule has 0 rings (SSSR count). The third-order valence-corrected chi connectivity index (χ3v) is 2.99. The maximum Gasteiger partial charge on any atom is 0.307 e. The van der Waals surface area contributed by atoms with E-state index in [4.69, 9.17) is 10.2 Å². The van der Waals surface area contributed by atoms with E-state index in [1.807, 2.05) is 13.8 Å². The third-order valence-electron chi connectivity index (χ3n) is 2.99. The highest BCUT2D eigenvalue weighted by Gasteiger charge is 2.30. The molecule has 0 aromatic carbocycles. The van der Waals surface area contributed by atoms with Crippen molar-refractivity contribution in [2.45, 2.75) is 40.2 Å². The van der Waals surface area contributed by atoms with Crippen molar-refractivity contribution >= 4 is 11.9 Å². The Bertz CT molecular complexity index is 265. The summed E-state index contributed by atoms with van der Waals surface area (Å²) in [5.74, 6) is -2.37. The van der Waals surface area contributed by atoms with Crippen LogP contribution in [-0.4, -0.2) is 46.2 Å². The van der Waals surface area contributed by atoms with Crippen molar-refractivity contribution in [2.75, 3.05) is 13.2 Å². The number of hydrogen-bond acceptors (Lipinski definition) is 3. The fourth-order valence-corrected chi connectivity index (χ4v) is 1.55. The molecular weight excluding hydrogens is 222 g/mol. The summed E-state index contributed by atoms with van der Waals surface area (Å²) >= 11 is 0. The first-order valence-electron chi connectivity index (χ1n) is 5.97. The van der Waals surface area contributed by atoms with E-state index >= 15 is 0 Å². The van der Waals surface area contributed by atoms with E-state index in [2.05, 4.69) is 0 Å². The molecule has 2 N–H and O–H groups in total. The zero-order valence-corrected chi connectivity index (χ0v) is 11.0. The van der Waals surface area contributed by atoms with Crippen LogP contribution in [0, 0.1) is 11.8 Å². The predicted octanol–water partition coefficient (Wildman–Crippen LogP) is 0.963. The van der Waals surface area contributed by atoms with Gasteiger partial charge in [0.15, 0.2) is 0 Å². The summed E-state index contributed by atoms with van der Waals surface area (Å²) in [4.78, 5) is 24.6. The zero-order valence-electron chi connectivity index (χ0n) is 11.0. The Balaban J connectivity index is 4.65. The highest BCUT2D eigenvalue weighted by atomic mass is 16.4. The minimum absolute atomic E-state index is 0.0116. The van der Waals surface area contributed by atoms with Crippen LogP contribution in [0.25, 0.3) is 0 Å². The standard InChI is InChI=1S/C12H23NO4/c1-8(2)13(6-5-7-14)11(15)9(3)10(4)12(16)17/h8-10,14H,5-7H2,1-4H3,(H,16,17). The number of carboxylic acid groups (broad SMARTS) is 1. The number of carboxylic acids is 1. The molecule has 0 radical (unpaired) electrons. The number of carbonyl (C=O) groups is 2. The third kappa shape index (κ3) is 4.73. The molecule has 0 aliphatic heterocycles. The van der Waals surface area contributed by atoms with Gasteiger partial charge in [-0.25, -0.2) is 0 Å². The van der Waals surface area contributed by atoms with Crippen LogP contribution in [0.2, 0.25) is 0 Å². The van der Waals surface area contributed by atoms with Gasteiger partial charge in [0.1, 0.15) is 0 Å². The molecule has 0 aromatic heterocycles. The van der Waals surface area contributed by atoms with E-state index in [1.165, 1.54) is 6.92 Å². The van der Waals surface area contributed by atoms with E-state index in [1.54, 1.807) is 11.8 Å². The molecular formula is C12H23NO4. The Morgan fingerprint density at radius 3 is 2.00 bits per heavy atom. The molecule has 0 saturated carbocycles. The molecule has 0 aliphatic rings. The number of rotatable bonds is 7. The van der Waals surface area contributed by atoms with Gasteiger partial charge in [-0.15, -0.1) is 0 Å². The molecule has 17 heavy (non-hydrogen) atoms. The number of hydrogen-bond donors (Lipinski definition) is 2. The maximum absolute atomic E-state index is 12.1. The highest BCUT2D eigenvalue weighted by molar-refractivity contribution is 5.84. The van der Waals surface area contributed by atoms with Gasteiger partial charge >= 0.3 is 5.97 Å². The van der Waals surface area contributed by atoms with E-state index in [0.717, 1.165) is 0 Å². The molecule has 0 fully saturated rings. The van der Waals surface area contributed by atoms with Crippen molar-refractivity contribution in [1.82, 2.24) is 4.90 Å². The molecule has 0 bridgehead atoms. The van der Waals surface area contributed by atoms with Crippen LogP contribution in [0.15, 0.2) is 0 Å². The number of carbonyl (C=O) groups excluding carboxylic acids is 1. The summed E-state index contributed by atoms with van der Waals surface area (Å²) in [6.07, 6.45) is 0.512. The summed E-state index contributed by atoms with van der Waals surface area (Å²) in [6.45, 7) is 7.43. The molecule has 1 amide bonds. The summed E-state index contributed by atoms with van der Waals surface area (Å²) < 4.78 is 0. The summed E-state index contributed by atoms with van der Waals surface area (Å²) in [7, 11) is 0. The van der Waals surface area contributed by atoms with Crippen molar-refractivity contribution in [1.29, 1.82) is 0 Å². The molecule has 0 saturated heterocycles. The van der Waals surface area contributed by atoms with E-state index in [9.17, 15) is 9.59 Å². The first kappa shape index (κ1) is 15.9. The first-order valence-corrected chi connectivity index (χ1v) is 5.97. The van der Waals surface area contributed by atoms with Gasteiger partial charge in [-0.2, -0.15) is 0 Å². The number of amides is 1. The van der Waals surface area contributed by atoms with Crippen LogP contribution < -0.4 is 0 Å². The van der Waals surface area contributed by atoms with Gasteiger partial charge in [-0.1, -0.05) is 13.8 Å². The second-order valence-corrected chi connectivity index (χ2v) is 4.62. The molecule has 0 aromatic rings. The van der Waals surface area contributed by atoms with Crippen LogP contribution in [0.5, 0.6) is 0 Å². The number of aliphatic hydroxyl groups is 1. The Kier molecular flexibility index (Phi) is 6.80. The normalized spacial score (nSPS) is 14.5. The van der Waals surface area contributed by atoms with Crippen molar-refractivity contribution in [2.24, 2.45) is 11.8 Å². The highest BCUT2D eigenvalue weighted by Crippen LogP contribution is 2.16. The van der Waals surface area contributed by atoms with Gasteiger partial charge in [-0.05, 0) is 20.3 Å². The molecule has 0 heterocycles. The Morgan fingerprint density at radius 1 is 1.12 bits per heavy atom. The second kappa shape index (κ2) is 7.27. The lowest BCUT2D eigenvalue weighted by Crippen LogP contribution is -2.43. The van der Waals surface area contributed by atoms with Gasteiger partial charge < -0.3 is 15.1 Å². The van der Waals surface area contributed by atoms with Gasteiger partial charge in [0.25, 0.3) is 0 Å². The number of aliphatic carboxylic acids is 1. The van der Waals surface area contributed by atoms with Crippen LogP contribution in [0.1, 0.15) is 34.1 Å². The maximum atomic E-state index is 12.1. The molecule has 0 aliphatic carbocycles. The predicted molar refractivity (Wildman–Crippen MR) is 64.5 cm³/mol. The summed E-state index contributed by atoms with van der Waals surface area (Å²) in [6, 6.07) is 0.0116. The van der Waals surface area contributed by atoms with Crippen molar-refractivity contribution in [3.8, 4) is 0 Å². The largest absolute Gasteiger partial charge is 0.481 e. The first-order chi connectivity index (χ1) is 7.82. The van der Waals surface area contributed by atoms with Gasteiger partial charge in [0.2, 0.25) is 5.91 Å². The monoisotopic (exact) mass is 245 g/mol. The summed E-state index contributed by atoms with van der Waals surface area (Å²) in [5.41, 5.74) is 0. The fraction of sp³-hybridized carbons (Fsp3) is 0.833. The van der Waals surface area contributed by atoms with Gasteiger partial charge in [0, 0.05) is 25.1 Å².